The number of aromatic nitrogens is 1. The minimum absolute atomic E-state index is 0.222. The third-order valence-electron chi connectivity index (χ3n) is 2.10. The summed E-state index contributed by atoms with van der Waals surface area (Å²) in [4.78, 5) is 14.3. The molecule has 0 aliphatic rings. The number of carbonyl (C=O) groups is 1. The molecule has 0 spiro atoms. The van der Waals surface area contributed by atoms with E-state index < -0.39 is 6.09 Å². The molecule has 1 aromatic carbocycles. The van der Waals surface area contributed by atoms with E-state index in [2.05, 4.69) is 10.3 Å². The summed E-state index contributed by atoms with van der Waals surface area (Å²) in [7, 11) is 0. The maximum absolute atomic E-state index is 10.2. The minimum Gasteiger partial charge on any atom is -0.492 e. The van der Waals surface area contributed by atoms with Crippen LogP contribution in [0.1, 0.15) is 5.01 Å². The van der Waals surface area contributed by atoms with Gasteiger partial charge in [-0.2, -0.15) is 5.26 Å². The monoisotopic (exact) mass is 263 g/mol. The van der Waals surface area contributed by atoms with E-state index in [-0.39, 0.29) is 13.2 Å². The van der Waals surface area contributed by atoms with Crippen molar-refractivity contribution in [3.05, 3.63) is 23.2 Å². The van der Waals surface area contributed by atoms with E-state index in [0.29, 0.717) is 10.8 Å². The lowest BCUT2D eigenvalue weighted by Crippen LogP contribution is -2.26. The van der Waals surface area contributed by atoms with E-state index in [9.17, 15) is 4.79 Å². The predicted molar refractivity (Wildman–Crippen MR) is 65.9 cm³/mol. The van der Waals surface area contributed by atoms with E-state index in [0.717, 1.165) is 10.2 Å². The van der Waals surface area contributed by atoms with E-state index in [1.807, 2.05) is 6.07 Å². The minimum atomic E-state index is -1.07. The molecule has 0 unspecified atom stereocenters. The number of carboxylic acid groups (broad SMARTS) is 1. The average Bonchev–Trinajstić information content (AvgIpc) is 2.76. The molecule has 0 saturated carbocycles. The van der Waals surface area contributed by atoms with Crippen LogP contribution in [0.15, 0.2) is 18.2 Å². The van der Waals surface area contributed by atoms with E-state index in [4.69, 9.17) is 15.1 Å². The number of nitrogens with one attached hydrogen (secondary N) is 1. The Morgan fingerprint density at radius 3 is 3.17 bits per heavy atom. The molecule has 18 heavy (non-hydrogen) atoms. The molecule has 2 aromatic rings. The topological polar surface area (TPSA) is 95.2 Å². The molecule has 6 nitrogen and oxygen atoms in total. The van der Waals surface area contributed by atoms with Crippen LogP contribution < -0.4 is 10.1 Å². The summed E-state index contributed by atoms with van der Waals surface area (Å²) < 4.78 is 6.25. The fourth-order valence-corrected chi connectivity index (χ4v) is 2.16. The second-order valence-corrected chi connectivity index (χ2v) is 4.37. The van der Waals surface area contributed by atoms with E-state index in [1.165, 1.54) is 11.3 Å². The molecule has 1 aromatic heterocycles. The molecule has 92 valence electrons. The largest absolute Gasteiger partial charge is 0.492 e. The molecule has 0 aliphatic heterocycles. The Labute approximate surface area is 106 Å². The molecule has 2 N–H and O–H groups in total. The maximum Gasteiger partial charge on any atom is 0.404 e. The SMILES string of the molecule is N#Cc1nc2ccc(OCCNC(=O)O)cc2s1. The first-order chi connectivity index (χ1) is 8.69. The summed E-state index contributed by atoms with van der Waals surface area (Å²) in [5.74, 6) is 0.628. The van der Waals surface area contributed by atoms with Crippen LogP contribution in [0.5, 0.6) is 5.75 Å². The average molecular weight is 263 g/mol. The smallest absolute Gasteiger partial charge is 0.404 e. The van der Waals surface area contributed by atoms with Gasteiger partial charge in [-0.25, -0.2) is 9.78 Å². The van der Waals surface area contributed by atoms with Crippen molar-refractivity contribution in [3.8, 4) is 11.8 Å². The van der Waals surface area contributed by atoms with Gasteiger partial charge in [0.1, 0.15) is 18.4 Å². The summed E-state index contributed by atoms with van der Waals surface area (Å²) in [5, 5.41) is 19.7. The van der Waals surface area contributed by atoms with Crippen LogP contribution in [0.3, 0.4) is 0 Å². The number of nitriles is 1. The third kappa shape index (κ3) is 2.87. The van der Waals surface area contributed by atoms with Crippen molar-refractivity contribution in [1.82, 2.24) is 10.3 Å². The van der Waals surface area contributed by atoms with Gasteiger partial charge >= 0.3 is 6.09 Å². The fraction of sp³-hybridized carbons (Fsp3) is 0.182. The highest BCUT2D eigenvalue weighted by Gasteiger charge is 2.04. The zero-order valence-electron chi connectivity index (χ0n) is 9.21. The quantitative estimate of drug-likeness (QED) is 0.820. The lowest BCUT2D eigenvalue weighted by molar-refractivity contribution is 0.191. The van der Waals surface area contributed by atoms with Gasteiger partial charge in [-0.05, 0) is 18.2 Å². The van der Waals surface area contributed by atoms with Crippen LogP contribution in [-0.2, 0) is 0 Å². The van der Waals surface area contributed by atoms with Gasteiger partial charge in [0, 0.05) is 0 Å². The second kappa shape index (κ2) is 5.33. The van der Waals surface area contributed by atoms with Crippen LogP contribution in [0.4, 0.5) is 4.79 Å². The van der Waals surface area contributed by atoms with E-state index >= 15 is 0 Å². The zero-order valence-corrected chi connectivity index (χ0v) is 10.0. The first-order valence-electron chi connectivity index (χ1n) is 5.09. The number of nitrogens with zero attached hydrogens (tertiary/aromatic N) is 2. The number of benzene rings is 1. The molecule has 0 atom stereocenters. The molecule has 7 heteroatoms. The molecule has 0 bridgehead atoms. The normalized spacial score (nSPS) is 9.94. The van der Waals surface area contributed by atoms with Gasteiger partial charge in [-0.1, -0.05) is 0 Å². The van der Waals surface area contributed by atoms with Crippen LogP contribution in [0, 0.1) is 11.3 Å². The molecular weight excluding hydrogens is 254 g/mol. The van der Waals surface area contributed by atoms with Crippen LogP contribution in [0.25, 0.3) is 10.2 Å². The van der Waals surface area contributed by atoms with Crippen molar-refractivity contribution in [2.75, 3.05) is 13.2 Å². The fourth-order valence-electron chi connectivity index (χ4n) is 1.37. The Morgan fingerprint density at radius 2 is 2.44 bits per heavy atom. The van der Waals surface area contributed by atoms with Gasteiger partial charge in [0.15, 0.2) is 5.01 Å². The maximum atomic E-state index is 10.2. The standard InChI is InChI=1S/C11H9N3O3S/c12-6-10-14-8-2-1-7(5-9(8)18-10)17-4-3-13-11(15)16/h1-2,5,13H,3-4H2,(H,15,16). The summed E-state index contributed by atoms with van der Waals surface area (Å²) in [6.07, 6.45) is -1.07. The highest BCUT2D eigenvalue weighted by molar-refractivity contribution is 7.19. The molecule has 2 rings (SSSR count). The molecule has 0 saturated heterocycles. The Kier molecular flexibility index (Phi) is 3.60. The van der Waals surface area contributed by atoms with Gasteiger partial charge < -0.3 is 15.2 Å². The first-order valence-corrected chi connectivity index (χ1v) is 5.91. The van der Waals surface area contributed by atoms with Crippen LogP contribution in [0.2, 0.25) is 0 Å². The number of rotatable bonds is 4. The van der Waals surface area contributed by atoms with Gasteiger partial charge in [-0.15, -0.1) is 11.3 Å². The third-order valence-corrected chi connectivity index (χ3v) is 3.03. The molecule has 1 amide bonds. The number of thiazole rings is 1. The second-order valence-electron chi connectivity index (χ2n) is 3.34. The van der Waals surface area contributed by atoms with Gasteiger partial charge in [0.25, 0.3) is 0 Å². The molecule has 0 fully saturated rings. The summed E-state index contributed by atoms with van der Waals surface area (Å²) >= 11 is 1.29. The Hall–Kier alpha value is -2.33. The Balaban J connectivity index is 2.01. The van der Waals surface area contributed by atoms with Crippen molar-refractivity contribution in [3.63, 3.8) is 0 Å². The van der Waals surface area contributed by atoms with Crippen molar-refractivity contribution in [1.29, 1.82) is 5.26 Å². The summed E-state index contributed by atoms with van der Waals surface area (Å²) in [6, 6.07) is 7.29. The summed E-state index contributed by atoms with van der Waals surface area (Å²) in [6.45, 7) is 0.473. The van der Waals surface area contributed by atoms with Crippen molar-refractivity contribution < 1.29 is 14.6 Å². The number of hydrogen-bond acceptors (Lipinski definition) is 5. The van der Waals surface area contributed by atoms with Crippen molar-refractivity contribution >= 4 is 27.6 Å². The van der Waals surface area contributed by atoms with Gasteiger partial charge in [0.2, 0.25) is 0 Å². The van der Waals surface area contributed by atoms with Crippen LogP contribution in [-0.4, -0.2) is 29.3 Å². The lowest BCUT2D eigenvalue weighted by atomic mass is 10.3. The predicted octanol–water partition coefficient (Wildman–Crippen LogP) is 1.81. The number of ether oxygens (including phenoxy) is 1. The Morgan fingerprint density at radius 1 is 1.61 bits per heavy atom. The van der Waals surface area contributed by atoms with E-state index in [1.54, 1.807) is 18.2 Å². The Bertz CT molecular complexity index is 618. The number of amides is 1. The number of hydrogen-bond donors (Lipinski definition) is 2. The highest BCUT2D eigenvalue weighted by atomic mass is 32.1. The zero-order chi connectivity index (χ0) is 13.0. The molecule has 0 aliphatic carbocycles. The van der Waals surface area contributed by atoms with Crippen LogP contribution >= 0.6 is 11.3 Å². The number of fused-ring (bicyclic) bond motifs is 1. The summed E-state index contributed by atoms with van der Waals surface area (Å²) in [5.41, 5.74) is 0.757. The first kappa shape index (κ1) is 12.1. The highest BCUT2D eigenvalue weighted by Crippen LogP contribution is 2.25. The van der Waals surface area contributed by atoms with Crippen molar-refractivity contribution in [2.24, 2.45) is 0 Å². The lowest BCUT2D eigenvalue weighted by Gasteiger charge is -2.05. The molecule has 0 radical (unpaired) electrons. The molecule has 1 heterocycles. The molecular formula is C11H9N3O3S. The van der Waals surface area contributed by atoms with Gasteiger partial charge in [-0.3, -0.25) is 0 Å². The van der Waals surface area contributed by atoms with Crippen molar-refractivity contribution in [2.45, 2.75) is 0 Å². The van der Waals surface area contributed by atoms with Gasteiger partial charge in [0.05, 0.1) is 16.8 Å².